The molecule has 24 heavy (non-hydrogen) atoms. The molecule has 1 heterocycles. The molecule has 1 aliphatic carbocycles. The van der Waals surface area contributed by atoms with Crippen LogP contribution < -0.4 is 9.62 Å². The highest BCUT2D eigenvalue weighted by Crippen LogP contribution is 2.41. The Kier molecular flexibility index (Phi) is 5.09. The molecule has 0 bridgehead atoms. The highest BCUT2D eigenvalue weighted by atomic mass is 32.2. The molecule has 6 nitrogen and oxygen atoms in total. The van der Waals surface area contributed by atoms with Crippen LogP contribution in [-0.2, 0) is 14.8 Å². The van der Waals surface area contributed by atoms with Gasteiger partial charge in [0.05, 0.1) is 23.9 Å². The van der Waals surface area contributed by atoms with Crippen molar-refractivity contribution < 1.29 is 13.2 Å². The van der Waals surface area contributed by atoms with Crippen molar-refractivity contribution in [3.8, 4) is 6.07 Å². The number of fused-ring (bicyclic) bond motifs is 1. The first-order valence-electron chi connectivity index (χ1n) is 8.33. The lowest BCUT2D eigenvalue weighted by atomic mass is 10.0. The molecule has 1 aromatic rings. The Bertz CT molecular complexity index is 730. The number of sulfonamides is 1. The molecule has 0 spiro atoms. The topological polar surface area (TPSA) is 82.4 Å². The third kappa shape index (κ3) is 3.41. The van der Waals surface area contributed by atoms with Gasteiger partial charge in [0, 0.05) is 26.7 Å². The van der Waals surface area contributed by atoms with Crippen molar-refractivity contribution in [1.29, 1.82) is 5.26 Å². The maximum Gasteiger partial charge on any atom is 0.242 e. The lowest BCUT2D eigenvalue weighted by Gasteiger charge is -2.23. The Morgan fingerprint density at radius 2 is 2.04 bits per heavy atom. The summed E-state index contributed by atoms with van der Waals surface area (Å²) >= 11 is 0. The fourth-order valence-electron chi connectivity index (χ4n) is 3.85. The zero-order valence-electron chi connectivity index (χ0n) is 13.9. The summed E-state index contributed by atoms with van der Waals surface area (Å²) in [6.45, 7) is 2.29. The Morgan fingerprint density at radius 1 is 1.33 bits per heavy atom. The Balaban J connectivity index is 1.91. The normalized spacial score (nSPS) is 23.2. The zero-order chi connectivity index (χ0) is 17.2. The van der Waals surface area contributed by atoms with E-state index in [-0.39, 0.29) is 11.4 Å². The molecule has 3 rings (SSSR count). The second-order valence-electron chi connectivity index (χ2n) is 6.54. The van der Waals surface area contributed by atoms with E-state index in [0.717, 1.165) is 13.1 Å². The molecule has 0 aromatic heterocycles. The number of nitrogens with one attached hydrogen (secondary N) is 1. The van der Waals surface area contributed by atoms with Gasteiger partial charge < -0.3 is 9.64 Å². The predicted molar refractivity (Wildman–Crippen MR) is 91.3 cm³/mol. The Hall–Kier alpha value is -1.62. The molecule has 0 radical (unpaired) electrons. The van der Waals surface area contributed by atoms with Gasteiger partial charge in [0.2, 0.25) is 10.0 Å². The molecular formula is C17H23N3O3S. The number of rotatable bonds is 6. The van der Waals surface area contributed by atoms with Crippen molar-refractivity contribution in [1.82, 2.24) is 4.72 Å². The summed E-state index contributed by atoms with van der Waals surface area (Å²) in [5.74, 6) is 1.29. The van der Waals surface area contributed by atoms with E-state index >= 15 is 0 Å². The number of hydrogen-bond donors (Lipinski definition) is 1. The molecule has 7 heteroatoms. The van der Waals surface area contributed by atoms with Crippen LogP contribution in [0, 0.1) is 23.2 Å². The fraction of sp³-hybridized carbons (Fsp3) is 0.588. The second kappa shape index (κ2) is 7.09. The SMILES string of the molecule is COCCNS(=O)(=O)c1ccc(C#N)cc1N1C[C@H]2CCC[C@H]2C1. The van der Waals surface area contributed by atoms with Crippen molar-refractivity contribution in [2.45, 2.75) is 24.2 Å². The van der Waals surface area contributed by atoms with Gasteiger partial charge in [-0.15, -0.1) is 0 Å². The van der Waals surface area contributed by atoms with Crippen LogP contribution in [0.5, 0.6) is 0 Å². The molecular weight excluding hydrogens is 326 g/mol. The van der Waals surface area contributed by atoms with Crippen molar-refractivity contribution in [3.05, 3.63) is 23.8 Å². The van der Waals surface area contributed by atoms with Crippen molar-refractivity contribution in [2.75, 3.05) is 38.3 Å². The standard InChI is InChI=1S/C17H23N3O3S/c1-23-8-7-19-24(21,22)17-6-5-13(10-18)9-16(17)20-11-14-3-2-4-15(14)12-20/h5-6,9,14-15,19H,2-4,7-8,11-12H2,1H3/t14-,15+. The Labute approximate surface area is 143 Å². The summed E-state index contributed by atoms with van der Waals surface area (Å²) in [5.41, 5.74) is 1.13. The smallest absolute Gasteiger partial charge is 0.242 e. The largest absolute Gasteiger partial charge is 0.383 e. The number of nitriles is 1. The van der Waals surface area contributed by atoms with E-state index in [2.05, 4.69) is 15.7 Å². The maximum atomic E-state index is 12.7. The predicted octanol–water partition coefficient (Wildman–Crippen LogP) is 1.72. The minimum absolute atomic E-state index is 0.226. The molecule has 1 saturated carbocycles. The average molecular weight is 349 g/mol. The summed E-state index contributed by atoms with van der Waals surface area (Å²) in [7, 11) is -2.10. The first kappa shape index (κ1) is 17.2. The van der Waals surface area contributed by atoms with Gasteiger partial charge in [-0.2, -0.15) is 5.26 Å². The first-order valence-corrected chi connectivity index (χ1v) is 9.81. The van der Waals surface area contributed by atoms with Gasteiger partial charge in [-0.05, 0) is 42.9 Å². The summed E-state index contributed by atoms with van der Waals surface area (Å²) < 4.78 is 32.8. The van der Waals surface area contributed by atoms with E-state index in [1.807, 2.05) is 0 Å². The third-order valence-corrected chi connectivity index (χ3v) is 6.55. The molecule has 2 atom stereocenters. The van der Waals surface area contributed by atoms with Crippen molar-refractivity contribution in [3.63, 3.8) is 0 Å². The zero-order valence-corrected chi connectivity index (χ0v) is 14.7. The van der Waals surface area contributed by atoms with Crippen LogP contribution in [-0.4, -0.2) is 41.8 Å². The van der Waals surface area contributed by atoms with E-state index < -0.39 is 10.0 Å². The molecule has 1 N–H and O–H groups in total. The lowest BCUT2D eigenvalue weighted by molar-refractivity contribution is 0.204. The van der Waals surface area contributed by atoms with E-state index in [9.17, 15) is 13.7 Å². The van der Waals surface area contributed by atoms with Gasteiger partial charge >= 0.3 is 0 Å². The van der Waals surface area contributed by atoms with E-state index in [1.165, 1.54) is 32.4 Å². The highest BCUT2D eigenvalue weighted by Gasteiger charge is 2.37. The molecule has 2 fully saturated rings. The van der Waals surface area contributed by atoms with Gasteiger partial charge in [0.1, 0.15) is 4.90 Å². The number of benzene rings is 1. The number of ether oxygens (including phenoxy) is 1. The monoisotopic (exact) mass is 349 g/mol. The van der Waals surface area contributed by atoms with Gasteiger partial charge in [-0.3, -0.25) is 0 Å². The third-order valence-electron chi connectivity index (χ3n) is 5.04. The Morgan fingerprint density at radius 3 is 2.67 bits per heavy atom. The van der Waals surface area contributed by atoms with E-state index in [0.29, 0.717) is 29.7 Å². The first-order chi connectivity index (χ1) is 11.5. The van der Waals surface area contributed by atoms with Gasteiger partial charge in [-0.25, -0.2) is 13.1 Å². The maximum absolute atomic E-state index is 12.7. The molecule has 1 aromatic carbocycles. The van der Waals surface area contributed by atoms with Crippen LogP contribution >= 0.6 is 0 Å². The number of methoxy groups -OCH3 is 1. The van der Waals surface area contributed by atoms with Crippen LogP contribution in [0.25, 0.3) is 0 Å². The van der Waals surface area contributed by atoms with Crippen molar-refractivity contribution in [2.24, 2.45) is 11.8 Å². The minimum atomic E-state index is -3.63. The quantitative estimate of drug-likeness (QED) is 0.791. The van der Waals surface area contributed by atoms with Crippen LogP contribution in [0.4, 0.5) is 5.69 Å². The van der Waals surface area contributed by atoms with E-state index in [1.54, 1.807) is 12.1 Å². The number of anilines is 1. The van der Waals surface area contributed by atoms with Crippen LogP contribution in [0.3, 0.4) is 0 Å². The summed E-state index contributed by atoms with van der Waals surface area (Å²) in [6, 6.07) is 6.91. The summed E-state index contributed by atoms with van der Waals surface area (Å²) in [5, 5.41) is 9.18. The molecule has 0 amide bonds. The highest BCUT2D eigenvalue weighted by molar-refractivity contribution is 7.89. The lowest BCUT2D eigenvalue weighted by Crippen LogP contribution is -2.30. The van der Waals surface area contributed by atoms with Crippen LogP contribution in [0.1, 0.15) is 24.8 Å². The summed E-state index contributed by atoms with van der Waals surface area (Å²) in [6.07, 6.45) is 3.70. The average Bonchev–Trinajstić information content (AvgIpc) is 3.16. The van der Waals surface area contributed by atoms with Crippen molar-refractivity contribution >= 4 is 15.7 Å². The molecule has 1 saturated heterocycles. The minimum Gasteiger partial charge on any atom is -0.383 e. The number of nitrogens with zero attached hydrogens (tertiary/aromatic N) is 2. The molecule has 0 unspecified atom stereocenters. The molecule has 2 aliphatic rings. The molecule has 1 aliphatic heterocycles. The van der Waals surface area contributed by atoms with Gasteiger partial charge in [0.15, 0.2) is 0 Å². The molecule has 130 valence electrons. The summed E-state index contributed by atoms with van der Waals surface area (Å²) in [4.78, 5) is 2.39. The van der Waals surface area contributed by atoms with Gasteiger partial charge in [0.25, 0.3) is 0 Å². The van der Waals surface area contributed by atoms with Crippen LogP contribution in [0.2, 0.25) is 0 Å². The van der Waals surface area contributed by atoms with Crippen LogP contribution in [0.15, 0.2) is 23.1 Å². The second-order valence-corrected chi connectivity index (χ2v) is 8.28. The van der Waals surface area contributed by atoms with E-state index in [4.69, 9.17) is 4.74 Å². The van der Waals surface area contributed by atoms with Gasteiger partial charge in [-0.1, -0.05) is 6.42 Å². The fourth-order valence-corrected chi connectivity index (χ4v) is 5.07. The number of hydrogen-bond acceptors (Lipinski definition) is 5.